The Labute approximate surface area is 133 Å². The first-order valence-corrected chi connectivity index (χ1v) is 8.00. The summed E-state index contributed by atoms with van der Waals surface area (Å²) in [6.07, 6.45) is 1.45. The van der Waals surface area contributed by atoms with E-state index in [1.54, 1.807) is 0 Å². The maximum absolute atomic E-state index is 12.7. The van der Waals surface area contributed by atoms with Crippen LogP contribution in [0.25, 0.3) is 0 Å². The van der Waals surface area contributed by atoms with E-state index in [0.29, 0.717) is 18.0 Å². The van der Waals surface area contributed by atoms with Crippen LogP contribution in [0.3, 0.4) is 0 Å². The van der Waals surface area contributed by atoms with Crippen LogP contribution in [-0.2, 0) is 19.4 Å². The number of rotatable bonds is 3. The van der Waals surface area contributed by atoms with Gasteiger partial charge in [-0.2, -0.15) is 5.10 Å². The van der Waals surface area contributed by atoms with E-state index in [0.717, 1.165) is 35.6 Å². The smallest absolute Gasteiger partial charge is 0.267 e. The number of nitrogens with zero attached hydrogens (tertiary/aromatic N) is 6. The van der Waals surface area contributed by atoms with Crippen LogP contribution in [0.4, 0.5) is 5.82 Å². The van der Waals surface area contributed by atoms with Crippen LogP contribution < -0.4 is 4.90 Å². The third-order valence-electron chi connectivity index (χ3n) is 3.76. The minimum Gasteiger partial charge on any atom is -0.361 e. The number of hydrogen-bond donors (Lipinski definition) is 0. The largest absolute Gasteiger partial charge is 0.361 e. The molecule has 0 radical (unpaired) electrons. The van der Waals surface area contributed by atoms with Crippen molar-refractivity contribution >= 4 is 23.3 Å². The highest BCUT2D eigenvalue weighted by atomic mass is 32.1. The molecule has 0 bridgehead atoms. The van der Waals surface area contributed by atoms with Gasteiger partial charge in [0.05, 0.1) is 11.4 Å². The Kier molecular flexibility index (Phi) is 4.02. The van der Waals surface area contributed by atoms with Gasteiger partial charge in [-0.05, 0) is 29.6 Å². The first kappa shape index (κ1) is 14.8. The Morgan fingerprint density at radius 1 is 1.36 bits per heavy atom. The second kappa shape index (κ2) is 5.96. The molecule has 2 aromatic heterocycles. The lowest BCUT2D eigenvalue weighted by atomic mass is 10.1. The zero-order valence-electron chi connectivity index (χ0n) is 12.9. The first-order valence-electron chi connectivity index (χ1n) is 7.23. The van der Waals surface area contributed by atoms with Gasteiger partial charge in [-0.3, -0.25) is 4.79 Å². The molecule has 0 unspecified atom stereocenters. The number of aromatic nitrogens is 4. The summed E-state index contributed by atoms with van der Waals surface area (Å²) in [5.74, 6) is 0.822. The second-order valence-corrected chi connectivity index (χ2v) is 6.20. The molecule has 8 heteroatoms. The average Bonchev–Trinajstić information content (AvgIpc) is 3.01. The Balaban J connectivity index is 1.84. The van der Waals surface area contributed by atoms with Gasteiger partial charge in [-0.1, -0.05) is 11.4 Å². The standard InChI is InChI=1S/C14H18N6OS/c1-4-10-13(22-18-16-10)14(21)20-6-5-11-9(8-20)7-12(17-15-11)19(2)3/h7H,4-6,8H2,1-3H3. The van der Waals surface area contributed by atoms with Gasteiger partial charge in [-0.25, -0.2) is 0 Å². The molecule has 1 amide bonds. The van der Waals surface area contributed by atoms with Crippen LogP contribution in [0, 0.1) is 0 Å². The SMILES string of the molecule is CCc1nnsc1C(=O)N1CCc2nnc(N(C)C)cc2C1. The summed E-state index contributed by atoms with van der Waals surface area (Å²) in [4.78, 5) is 17.1. The number of anilines is 1. The Hall–Kier alpha value is -2.09. The van der Waals surface area contributed by atoms with E-state index in [2.05, 4.69) is 19.8 Å². The van der Waals surface area contributed by atoms with Crippen molar-refractivity contribution < 1.29 is 4.79 Å². The number of carbonyl (C=O) groups is 1. The monoisotopic (exact) mass is 318 g/mol. The van der Waals surface area contributed by atoms with E-state index in [9.17, 15) is 4.79 Å². The van der Waals surface area contributed by atoms with Gasteiger partial charge in [-0.15, -0.1) is 10.2 Å². The van der Waals surface area contributed by atoms with Crippen LogP contribution in [0.2, 0.25) is 0 Å². The predicted octanol–water partition coefficient (Wildman–Crippen LogP) is 1.15. The fourth-order valence-electron chi connectivity index (χ4n) is 2.45. The summed E-state index contributed by atoms with van der Waals surface area (Å²) in [6, 6.07) is 2.01. The molecule has 0 spiro atoms. The highest BCUT2D eigenvalue weighted by Gasteiger charge is 2.26. The van der Waals surface area contributed by atoms with Crippen molar-refractivity contribution in [2.45, 2.75) is 26.3 Å². The number of aryl methyl sites for hydroxylation is 1. The molecule has 1 aliphatic heterocycles. The van der Waals surface area contributed by atoms with E-state index < -0.39 is 0 Å². The summed E-state index contributed by atoms with van der Waals surface area (Å²) >= 11 is 1.18. The van der Waals surface area contributed by atoms with Crippen LogP contribution in [0.15, 0.2) is 6.07 Å². The minimum atomic E-state index is 0.0146. The molecular formula is C14H18N6OS. The van der Waals surface area contributed by atoms with Gasteiger partial charge in [0.15, 0.2) is 5.82 Å². The maximum Gasteiger partial charge on any atom is 0.267 e. The van der Waals surface area contributed by atoms with Crippen molar-refractivity contribution in [3.05, 3.63) is 27.9 Å². The van der Waals surface area contributed by atoms with Crippen molar-refractivity contribution in [1.82, 2.24) is 24.7 Å². The topological polar surface area (TPSA) is 75.1 Å². The molecule has 0 saturated carbocycles. The molecule has 2 aromatic rings. The van der Waals surface area contributed by atoms with Crippen LogP contribution in [0.5, 0.6) is 0 Å². The fourth-order valence-corrected chi connectivity index (χ4v) is 3.17. The van der Waals surface area contributed by atoms with Crippen molar-refractivity contribution in [2.24, 2.45) is 0 Å². The highest BCUT2D eigenvalue weighted by molar-refractivity contribution is 7.08. The van der Waals surface area contributed by atoms with Crippen LogP contribution in [0.1, 0.15) is 33.5 Å². The van der Waals surface area contributed by atoms with Gasteiger partial charge in [0.1, 0.15) is 4.88 Å². The first-order chi connectivity index (χ1) is 10.6. The summed E-state index contributed by atoms with van der Waals surface area (Å²) < 4.78 is 3.91. The number of carbonyl (C=O) groups excluding carboxylic acids is 1. The zero-order valence-corrected chi connectivity index (χ0v) is 13.7. The molecule has 0 N–H and O–H groups in total. The lowest BCUT2D eigenvalue weighted by molar-refractivity contribution is 0.0737. The van der Waals surface area contributed by atoms with E-state index in [1.807, 2.05) is 36.9 Å². The Morgan fingerprint density at radius 2 is 2.18 bits per heavy atom. The predicted molar refractivity (Wildman–Crippen MR) is 84.1 cm³/mol. The minimum absolute atomic E-state index is 0.0146. The normalized spacial score (nSPS) is 13.9. The molecule has 0 atom stereocenters. The van der Waals surface area contributed by atoms with Crippen molar-refractivity contribution in [3.8, 4) is 0 Å². The molecule has 116 valence electrons. The Morgan fingerprint density at radius 3 is 2.91 bits per heavy atom. The van der Waals surface area contributed by atoms with E-state index in [1.165, 1.54) is 11.5 Å². The maximum atomic E-state index is 12.7. The average molecular weight is 318 g/mol. The van der Waals surface area contributed by atoms with Crippen molar-refractivity contribution in [2.75, 3.05) is 25.5 Å². The lowest BCUT2D eigenvalue weighted by Gasteiger charge is -2.28. The van der Waals surface area contributed by atoms with Gasteiger partial charge in [0.25, 0.3) is 5.91 Å². The van der Waals surface area contributed by atoms with E-state index in [4.69, 9.17) is 0 Å². The molecule has 1 aliphatic rings. The molecule has 3 heterocycles. The molecule has 0 saturated heterocycles. The highest BCUT2D eigenvalue weighted by Crippen LogP contribution is 2.23. The fraction of sp³-hybridized carbons (Fsp3) is 0.500. The molecule has 0 fully saturated rings. The third-order valence-corrected chi connectivity index (χ3v) is 4.51. The van der Waals surface area contributed by atoms with Crippen molar-refractivity contribution in [3.63, 3.8) is 0 Å². The van der Waals surface area contributed by atoms with E-state index in [-0.39, 0.29) is 5.91 Å². The molecule has 0 aromatic carbocycles. The molecule has 22 heavy (non-hydrogen) atoms. The summed E-state index contributed by atoms with van der Waals surface area (Å²) in [6.45, 7) is 3.20. The number of amides is 1. The number of hydrogen-bond acceptors (Lipinski definition) is 7. The van der Waals surface area contributed by atoms with Gasteiger partial charge in [0.2, 0.25) is 0 Å². The molecule has 7 nitrogen and oxygen atoms in total. The zero-order chi connectivity index (χ0) is 15.7. The quantitative estimate of drug-likeness (QED) is 0.845. The van der Waals surface area contributed by atoms with E-state index >= 15 is 0 Å². The molecule has 0 aliphatic carbocycles. The summed E-state index contributed by atoms with van der Waals surface area (Å²) in [5.41, 5.74) is 2.82. The molecular weight excluding hydrogens is 300 g/mol. The lowest BCUT2D eigenvalue weighted by Crippen LogP contribution is -2.36. The van der Waals surface area contributed by atoms with Gasteiger partial charge in [0, 0.05) is 33.6 Å². The van der Waals surface area contributed by atoms with Crippen LogP contribution >= 0.6 is 11.5 Å². The Bertz CT molecular complexity index is 698. The summed E-state index contributed by atoms with van der Waals surface area (Å²) in [7, 11) is 3.86. The van der Waals surface area contributed by atoms with Crippen LogP contribution in [-0.4, -0.2) is 51.2 Å². The van der Waals surface area contributed by atoms with Gasteiger partial charge < -0.3 is 9.80 Å². The van der Waals surface area contributed by atoms with Crippen molar-refractivity contribution in [1.29, 1.82) is 0 Å². The summed E-state index contributed by atoms with van der Waals surface area (Å²) in [5, 5.41) is 12.5. The third kappa shape index (κ3) is 2.66. The van der Waals surface area contributed by atoms with Gasteiger partial charge >= 0.3 is 0 Å². The second-order valence-electron chi connectivity index (χ2n) is 5.45. The molecule has 3 rings (SSSR count). The number of fused-ring (bicyclic) bond motifs is 1.